The van der Waals surface area contributed by atoms with Crippen molar-refractivity contribution in [3.05, 3.63) is 0 Å². The van der Waals surface area contributed by atoms with Gasteiger partial charge in [0, 0.05) is 13.0 Å². The highest BCUT2D eigenvalue weighted by molar-refractivity contribution is 5.85. The molecule has 0 saturated heterocycles. The number of esters is 1. The number of amides is 1. The second-order valence-electron chi connectivity index (χ2n) is 5.21. The van der Waals surface area contributed by atoms with E-state index in [0.717, 1.165) is 0 Å². The number of Topliss-reactive ketones (excluding diaryl/α,β-unsaturated/α-hetero) is 1. The van der Waals surface area contributed by atoms with E-state index in [4.69, 9.17) is 4.74 Å². The van der Waals surface area contributed by atoms with Crippen LogP contribution in [0, 0.1) is 5.92 Å². The van der Waals surface area contributed by atoms with Crippen LogP contribution in [0.25, 0.3) is 0 Å². The van der Waals surface area contributed by atoms with Crippen LogP contribution in [0.1, 0.15) is 33.6 Å². The fourth-order valence-corrected chi connectivity index (χ4v) is 1.53. The van der Waals surface area contributed by atoms with Crippen LogP contribution in [0.5, 0.6) is 0 Å². The lowest BCUT2D eigenvalue weighted by molar-refractivity contribution is -0.144. The first kappa shape index (κ1) is 18.6. The molecule has 1 amide bonds. The van der Waals surface area contributed by atoms with Crippen molar-refractivity contribution >= 4 is 17.7 Å². The van der Waals surface area contributed by atoms with Gasteiger partial charge in [-0.05, 0) is 19.9 Å². The van der Waals surface area contributed by atoms with E-state index in [9.17, 15) is 14.4 Å². The number of likely N-dealkylation sites (N-methyl/N-ethyl adjacent to an activating group) is 1. The van der Waals surface area contributed by atoms with Gasteiger partial charge >= 0.3 is 5.97 Å². The Balaban J connectivity index is 3.84. The normalized spacial score (nSPS) is 10.7. The number of ether oxygens (including phenoxy) is 1. The summed E-state index contributed by atoms with van der Waals surface area (Å²) in [5.74, 6) is -0.134. The average Bonchev–Trinajstić information content (AvgIpc) is 2.34. The van der Waals surface area contributed by atoms with Crippen molar-refractivity contribution in [3.63, 3.8) is 0 Å². The van der Waals surface area contributed by atoms with Crippen molar-refractivity contribution in [1.82, 2.24) is 10.2 Å². The monoisotopic (exact) mass is 286 g/mol. The standard InChI is InChI=1S/C14H26N2O4/c1-5-20-14(19)7-6-12(17)9-16(4)10-13(18)15-8-11(2)3/h11H,5-10H2,1-4H3,(H,15,18). The minimum absolute atomic E-state index is 0.0720. The van der Waals surface area contributed by atoms with Gasteiger partial charge in [0.25, 0.3) is 0 Å². The molecule has 0 aliphatic carbocycles. The molecule has 0 radical (unpaired) electrons. The molecule has 0 spiro atoms. The van der Waals surface area contributed by atoms with E-state index >= 15 is 0 Å². The van der Waals surface area contributed by atoms with Crippen LogP contribution in [-0.2, 0) is 19.1 Å². The van der Waals surface area contributed by atoms with Gasteiger partial charge in [-0.1, -0.05) is 13.8 Å². The van der Waals surface area contributed by atoms with Crippen LogP contribution < -0.4 is 5.32 Å². The highest BCUT2D eigenvalue weighted by Gasteiger charge is 2.12. The third-order valence-corrected chi connectivity index (χ3v) is 2.48. The molecule has 0 aromatic heterocycles. The van der Waals surface area contributed by atoms with Gasteiger partial charge < -0.3 is 10.1 Å². The Bertz CT molecular complexity index is 329. The molecule has 0 fully saturated rings. The molecule has 0 bridgehead atoms. The molecule has 6 heteroatoms. The van der Waals surface area contributed by atoms with Gasteiger partial charge in [0.1, 0.15) is 5.78 Å². The summed E-state index contributed by atoms with van der Waals surface area (Å²) < 4.78 is 4.75. The lowest BCUT2D eigenvalue weighted by Crippen LogP contribution is -2.38. The number of hydrogen-bond acceptors (Lipinski definition) is 5. The van der Waals surface area contributed by atoms with Crippen LogP contribution in [-0.4, -0.2) is 55.8 Å². The molecule has 20 heavy (non-hydrogen) atoms. The summed E-state index contributed by atoms with van der Waals surface area (Å²) in [7, 11) is 1.71. The molecular weight excluding hydrogens is 260 g/mol. The summed E-state index contributed by atoms with van der Waals surface area (Å²) >= 11 is 0. The van der Waals surface area contributed by atoms with E-state index in [-0.39, 0.29) is 43.6 Å². The van der Waals surface area contributed by atoms with Crippen molar-refractivity contribution in [2.24, 2.45) is 5.92 Å². The van der Waals surface area contributed by atoms with Crippen LogP contribution in [0.4, 0.5) is 0 Å². The number of ketones is 1. The summed E-state index contributed by atoms with van der Waals surface area (Å²) in [6, 6.07) is 0. The zero-order chi connectivity index (χ0) is 15.5. The molecule has 0 unspecified atom stereocenters. The Morgan fingerprint density at radius 1 is 1.15 bits per heavy atom. The van der Waals surface area contributed by atoms with E-state index in [1.807, 2.05) is 13.8 Å². The Kier molecular flexibility index (Phi) is 9.63. The molecule has 0 saturated carbocycles. The molecular formula is C14H26N2O4. The number of rotatable bonds is 10. The third kappa shape index (κ3) is 10.5. The molecule has 0 aliphatic heterocycles. The zero-order valence-corrected chi connectivity index (χ0v) is 12.9. The van der Waals surface area contributed by atoms with Gasteiger partial charge in [-0.15, -0.1) is 0 Å². The molecule has 116 valence electrons. The lowest BCUT2D eigenvalue weighted by Gasteiger charge is -2.16. The molecule has 0 rings (SSSR count). The number of nitrogens with zero attached hydrogens (tertiary/aromatic N) is 1. The zero-order valence-electron chi connectivity index (χ0n) is 12.9. The molecule has 0 aliphatic rings. The second-order valence-corrected chi connectivity index (χ2v) is 5.21. The summed E-state index contributed by atoms with van der Waals surface area (Å²) in [5.41, 5.74) is 0. The summed E-state index contributed by atoms with van der Waals surface area (Å²) in [4.78, 5) is 35.9. The number of carbonyl (C=O) groups excluding carboxylic acids is 3. The topological polar surface area (TPSA) is 75.7 Å². The van der Waals surface area contributed by atoms with Crippen LogP contribution in [0.15, 0.2) is 0 Å². The van der Waals surface area contributed by atoms with Gasteiger partial charge in [-0.3, -0.25) is 19.3 Å². The minimum Gasteiger partial charge on any atom is -0.466 e. The van der Waals surface area contributed by atoms with Crippen molar-refractivity contribution in [1.29, 1.82) is 0 Å². The molecule has 0 heterocycles. The summed E-state index contributed by atoms with van der Waals surface area (Å²) in [5, 5.41) is 2.79. The quantitative estimate of drug-likeness (QED) is 0.595. The maximum absolute atomic E-state index is 11.6. The summed E-state index contributed by atoms with van der Waals surface area (Å²) in [6.07, 6.45) is 0.247. The molecule has 6 nitrogen and oxygen atoms in total. The molecule has 0 aromatic carbocycles. The third-order valence-electron chi connectivity index (χ3n) is 2.48. The number of hydrogen-bond donors (Lipinski definition) is 1. The highest BCUT2D eigenvalue weighted by Crippen LogP contribution is 1.96. The predicted octanol–water partition coefficient (Wildman–Crippen LogP) is 0.603. The Hall–Kier alpha value is -1.43. The predicted molar refractivity (Wildman–Crippen MR) is 76.2 cm³/mol. The van der Waals surface area contributed by atoms with E-state index < -0.39 is 0 Å². The maximum Gasteiger partial charge on any atom is 0.306 e. The van der Waals surface area contributed by atoms with Crippen molar-refractivity contribution in [2.75, 3.05) is 33.3 Å². The van der Waals surface area contributed by atoms with Crippen LogP contribution in [0.2, 0.25) is 0 Å². The van der Waals surface area contributed by atoms with E-state index in [2.05, 4.69) is 5.32 Å². The van der Waals surface area contributed by atoms with Crippen molar-refractivity contribution in [2.45, 2.75) is 33.6 Å². The lowest BCUT2D eigenvalue weighted by atomic mass is 10.2. The van der Waals surface area contributed by atoms with E-state index in [0.29, 0.717) is 19.1 Å². The van der Waals surface area contributed by atoms with Gasteiger partial charge in [0.05, 0.1) is 26.1 Å². The van der Waals surface area contributed by atoms with Crippen molar-refractivity contribution < 1.29 is 19.1 Å². The van der Waals surface area contributed by atoms with Crippen LogP contribution in [0.3, 0.4) is 0 Å². The maximum atomic E-state index is 11.6. The van der Waals surface area contributed by atoms with E-state index in [1.165, 1.54) is 0 Å². The Morgan fingerprint density at radius 2 is 1.80 bits per heavy atom. The smallest absolute Gasteiger partial charge is 0.306 e. The van der Waals surface area contributed by atoms with Gasteiger partial charge in [-0.25, -0.2) is 0 Å². The molecule has 0 atom stereocenters. The van der Waals surface area contributed by atoms with E-state index in [1.54, 1.807) is 18.9 Å². The van der Waals surface area contributed by atoms with Gasteiger partial charge in [-0.2, -0.15) is 0 Å². The fraction of sp³-hybridized carbons (Fsp3) is 0.786. The summed E-state index contributed by atoms with van der Waals surface area (Å²) in [6.45, 7) is 7.05. The number of carbonyl (C=O) groups is 3. The Morgan fingerprint density at radius 3 is 2.35 bits per heavy atom. The molecule has 1 N–H and O–H groups in total. The Labute approximate surface area is 120 Å². The van der Waals surface area contributed by atoms with Crippen LogP contribution >= 0.6 is 0 Å². The first-order chi connectivity index (χ1) is 9.35. The van der Waals surface area contributed by atoms with Gasteiger partial charge in [0.15, 0.2) is 0 Å². The second kappa shape index (κ2) is 10.4. The average molecular weight is 286 g/mol. The molecule has 0 aromatic rings. The SMILES string of the molecule is CCOC(=O)CCC(=O)CN(C)CC(=O)NCC(C)C. The van der Waals surface area contributed by atoms with Gasteiger partial charge in [0.2, 0.25) is 5.91 Å². The minimum atomic E-state index is -0.363. The first-order valence-corrected chi connectivity index (χ1v) is 6.97. The first-order valence-electron chi connectivity index (χ1n) is 6.97. The highest BCUT2D eigenvalue weighted by atomic mass is 16.5. The largest absolute Gasteiger partial charge is 0.466 e. The number of nitrogens with one attached hydrogen (secondary N) is 1. The van der Waals surface area contributed by atoms with Crippen molar-refractivity contribution in [3.8, 4) is 0 Å². The fourth-order valence-electron chi connectivity index (χ4n) is 1.53.